The van der Waals surface area contributed by atoms with E-state index in [2.05, 4.69) is 25.7 Å². The number of aromatic amines is 1. The minimum absolute atomic E-state index is 0. The van der Waals surface area contributed by atoms with Crippen molar-refractivity contribution in [3.63, 3.8) is 0 Å². The van der Waals surface area contributed by atoms with Gasteiger partial charge in [0.2, 0.25) is 0 Å². The molecule has 5 N–H and O–H groups in total. The van der Waals surface area contributed by atoms with Gasteiger partial charge in [-0.3, -0.25) is 19.9 Å². The van der Waals surface area contributed by atoms with Crippen LogP contribution in [0.1, 0.15) is 10.7 Å². The summed E-state index contributed by atoms with van der Waals surface area (Å²) in [6.45, 7) is -0.241. The number of rotatable bonds is 8. The minimum atomic E-state index is -1.50. The van der Waals surface area contributed by atoms with Crippen molar-refractivity contribution in [1.29, 1.82) is 5.41 Å². The number of thioether (sulfide) groups is 2. The summed E-state index contributed by atoms with van der Waals surface area (Å²) in [6.07, 6.45) is 0. The molecule has 0 radical (unpaired) electrons. The molecule has 13 nitrogen and oxygen atoms in total. The summed E-state index contributed by atoms with van der Waals surface area (Å²) in [7, 11) is 0. The van der Waals surface area contributed by atoms with E-state index < -0.39 is 34.9 Å². The molecule has 2 amide bonds. The van der Waals surface area contributed by atoms with Gasteiger partial charge in [0.15, 0.2) is 14.9 Å². The first-order valence-electron chi connectivity index (χ1n) is 9.03. The van der Waals surface area contributed by atoms with Crippen LogP contribution in [0.2, 0.25) is 0 Å². The van der Waals surface area contributed by atoms with E-state index in [1.165, 1.54) is 40.2 Å². The first-order chi connectivity index (χ1) is 15.8. The van der Waals surface area contributed by atoms with Crippen molar-refractivity contribution in [1.82, 2.24) is 25.4 Å². The average molecular weight is 552 g/mol. The number of β-lactam (4-membered cyclic amide) rings is 1. The van der Waals surface area contributed by atoms with Crippen molar-refractivity contribution in [2.45, 2.75) is 22.4 Å². The number of carbonyl (C=O) groups is 3. The van der Waals surface area contributed by atoms with Crippen LogP contribution in [0, 0.1) is 5.41 Å². The van der Waals surface area contributed by atoms with Crippen LogP contribution in [0.5, 0.6) is 0 Å². The van der Waals surface area contributed by atoms with E-state index in [1.807, 2.05) is 0 Å². The molecule has 18 heteroatoms. The van der Waals surface area contributed by atoms with Crippen LogP contribution in [0.25, 0.3) is 0 Å². The molecule has 1 saturated heterocycles. The second kappa shape index (κ2) is 11.3. The molecule has 2 aromatic rings. The van der Waals surface area contributed by atoms with Crippen LogP contribution in [-0.2, 0) is 21.0 Å². The van der Waals surface area contributed by atoms with Gasteiger partial charge in [0.05, 0.1) is 24.0 Å². The quantitative estimate of drug-likeness (QED) is 0.0529. The number of carboxylic acids is 1. The Kier molecular flexibility index (Phi) is 8.96. The number of nitrogens with zero attached hydrogens (tertiary/aromatic N) is 4. The summed E-state index contributed by atoms with van der Waals surface area (Å²) in [5.41, 5.74) is -0.0623. The first-order valence-corrected chi connectivity index (χ1v) is 12.8. The maximum Gasteiger partial charge on any atom is 1.00 e. The summed E-state index contributed by atoms with van der Waals surface area (Å²) in [5, 5.41) is 51.9. The van der Waals surface area contributed by atoms with E-state index in [0.29, 0.717) is 14.9 Å². The number of aliphatic hydroxyl groups is 1. The van der Waals surface area contributed by atoms with Gasteiger partial charge in [-0.1, -0.05) is 28.3 Å². The summed E-state index contributed by atoms with van der Waals surface area (Å²) >= 11 is 4.69. The molecule has 1 fully saturated rings. The zero-order chi connectivity index (χ0) is 23.7. The monoisotopic (exact) mass is 551 g/mol. The Morgan fingerprint density at radius 1 is 1.44 bits per heavy atom. The van der Waals surface area contributed by atoms with E-state index in [-0.39, 0.29) is 63.9 Å². The molecule has 4 heterocycles. The van der Waals surface area contributed by atoms with Crippen LogP contribution in [0.15, 0.2) is 26.1 Å². The number of aliphatic carboxylic acids is 1. The van der Waals surface area contributed by atoms with Crippen LogP contribution in [0.3, 0.4) is 0 Å². The number of amides is 2. The van der Waals surface area contributed by atoms with E-state index in [4.69, 9.17) is 10.5 Å². The largest absolute Gasteiger partial charge is 1.00 e. The fourth-order valence-corrected chi connectivity index (χ4v) is 6.95. The van der Waals surface area contributed by atoms with Gasteiger partial charge >= 0.3 is 29.6 Å². The van der Waals surface area contributed by atoms with Gasteiger partial charge in [0, 0.05) is 16.9 Å². The maximum atomic E-state index is 12.7. The standard InChI is InChI=1S/C16H15N7O6S4.Na/c17-15-18-6(4-31-15)8(22-29)11(25)19-9-12(26)23-10(14(27)28)5(2-30-13(9)23)3-32-16-21-20-7(1-24)33-16;/h4,9,13,24,29H,1-3H2,(H2,17,18)(H,19,25)(H,27,28);/q;+1/p-1/b22-8-;/t9?,13-;/m1./s1. The molecular formula is C16H14N7NaO6S4. The van der Waals surface area contributed by atoms with Crippen molar-refractivity contribution in [3.05, 3.63) is 32.2 Å². The predicted molar refractivity (Wildman–Crippen MR) is 116 cm³/mol. The van der Waals surface area contributed by atoms with Gasteiger partial charge in [-0.15, -0.1) is 33.3 Å². The second-order valence-electron chi connectivity index (χ2n) is 6.56. The van der Waals surface area contributed by atoms with Gasteiger partial charge in [-0.05, 0) is 5.57 Å². The SMILES string of the molecule is N=c1[nH]c(/C(=N/O)C(=O)NC2C(=O)N3C(C(=O)[O-])=C(CSc4nnc(CO)s4)CS[C@H]23)cs1.[Na+]. The maximum absolute atomic E-state index is 12.7. The zero-order valence-corrected chi connectivity index (χ0v) is 22.6. The van der Waals surface area contributed by atoms with Crippen LogP contribution in [-0.4, -0.2) is 76.8 Å². The molecule has 1 unspecified atom stereocenters. The topological polar surface area (TPSA) is 208 Å². The number of carboxylic acid groups (broad SMARTS) is 1. The van der Waals surface area contributed by atoms with Gasteiger partial charge in [-0.25, -0.2) is 0 Å². The van der Waals surface area contributed by atoms with Crippen molar-refractivity contribution >= 4 is 69.7 Å². The molecule has 2 aromatic heterocycles. The molecule has 0 bridgehead atoms. The third-order valence-corrected chi connectivity index (χ3v) is 8.75. The van der Waals surface area contributed by atoms with Crippen LogP contribution in [0.4, 0.5) is 0 Å². The molecule has 0 saturated carbocycles. The number of aromatic nitrogens is 3. The third kappa shape index (κ3) is 5.25. The van der Waals surface area contributed by atoms with Crippen molar-refractivity contribution < 1.29 is 59.4 Å². The Balaban J connectivity index is 0.00000324. The molecule has 0 aromatic carbocycles. The van der Waals surface area contributed by atoms with E-state index in [9.17, 15) is 24.7 Å². The first kappa shape index (κ1) is 26.9. The summed E-state index contributed by atoms with van der Waals surface area (Å²) in [5.74, 6) is -2.47. The fraction of sp³-hybridized carbons (Fsp3) is 0.312. The smallest absolute Gasteiger partial charge is 0.543 e. The number of oxime groups is 1. The number of carbonyl (C=O) groups excluding carboxylic acids is 3. The Hall–Kier alpha value is -1.73. The van der Waals surface area contributed by atoms with E-state index >= 15 is 0 Å². The van der Waals surface area contributed by atoms with Gasteiger partial charge in [0.25, 0.3) is 11.8 Å². The summed E-state index contributed by atoms with van der Waals surface area (Å²) < 4.78 is 0.549. The molecule has 174 valence electrons. The van der Waals surface area contributed by atoms with Crippen molar-refractivity contribution in [3.8, 4) is 0 Å². The Bertz CT molecular complexity index is 1240. The van der Waals surface area contributed by atoms with Gasteiger partial charge in [0.1, 0.15) is 16.4 Å². The normalized spacial score (nSPS) is 19.9. The Morgan fingerprint density at radius 2 is 2.21 bits per heavy atom. The molecule has 0 aliphatic carbocycles. The molecule has 4 rings (SSSR count). The van der Waals surface area contributed by atoms with Crippen molar-refractivity contribution in [2.75, 3.05) is 11.5 Å². The minimum Gasteiger partial charge on any atom is -0.543 e. The number of hydrogen-bond acceptors (Lipinski definition) is 14. The molecule has 2 aliphatic heterocycles. The Morgan fingerprint density at radius 3 is 2.79 bits per heavy atom. The van der Waals surface area contributed by atoms with Gasteiger partial charge in [-0.2, -0.15) is 0 Å². The number of nitrogens with one attached hydrogen (secondary N) is 3. The number of thiazole rings is 1. The molecule has 34 heavy (non-hydrogen) atoms. The van der Waals surface area contributed by atoms with E-state index in [1.54, 1.807) is 0 Å². The van der Waals surface area contributed by atoms with Crippen LogP contribution >= 0.6 is 46.2 Å². The van der Waals surface area contributed by atoms with E-state index in [0.717, 1.165) is 16.2 Å². The molecule has 0 spiro atoms. The predicted octanol–water partition coefficient (Wildman–Crippen LogP) is -4.72. The second-order valence-corrected chi connectivity index (χ2v) is 10.8. The third-order valence-electron chi connectivity index (χ3n) is 4.59. The number of aliphatic hydroxyl groups excluding tert-OH is 1. The van der Waals surface area contributed by atoms with Crippen molar-refractivity contribution in [2.24, 2.45) is 5.16 Å². The summed E-state index contributed by atoms with van der Waals surface area (Å²) in [6, 6.07) is -1.02. The Labute approximate surface area is 229 Å². The fourth-order valence-electron chi connectivity index (χ4n) is 3.14. The number of H-pyrrole nitrogens is 1. The number of hydrogen-bond donors (Lipinski definition) is 5. The number of fused-ring (bicyclic) bond motifs is 1. The summed E-state index contributed by atoms with van der Waals surface area (Å²) in [4.78, 5) is 40.8. The molecular weight excluding hydrogens is 537 g/mol. The van der Waals surface area contributed by atoms with Gasteiger partial charge < -0.3 is 30.5 Å². The zero-order valence-electron chi connectivity index (χ0n) is 17.3. The molecule has 2 aliphatic rings. The molecule has 2 atom stereocenters. The average Bonchev–Trinajstić information content (AvgIpc) is 3.44. The van der Waals surface area contributed by atoms with Crippen LogP contribution < -0.4 is 44.8 Å².